The summed E-state index contributed by atoms with van der Waals surface area (Å²) in [5.74, 6) is -0.338. The number of ether oxygens (including phenoxy) is 1. The Morgan fingerprint density at radius 1 is 1.26 bits per heavy atom. The van der Waals surface area contributed by atoms with Crippen LogP contribution in [0.25, 0.3) is 0 Å². The van der Waals surface area contributed by atoms with Crippen molar-refractivity contribution < 1.29 is 9.53 Å². The summed E-state index contributed by atoms with van der Waals surface area (Å²) in [6.07, 6.45) is 1.63. The van der Waals surface area contributed by atoms with Crippen LogP contribution in [0.5, 0.6) is 0 Å². The minimum atomic E-state index is -0.338. The molecule has 0 aliphatic carbocycles. The summed E-state index contributed by atoms with van der Waals surface area (Å²) in [6, 6.07) is 12.8. The van der Waals surface area contributed by atoms with Crippen molar-refractivity contribution in [2.75, 3.05) is 36.5 Å². The van der Waals surface area contributed by atoms with Crippen molar-refractivity contribution >= 4 is 17.3 Å². The van der Waals surface area contributed by atoms with Crippen LogP contribution in [-0.4, -0.2) is 37.2 Å². The molecule has 0 saturated carbocycles. The molecule has 1 aliphatic heterocycles. The zero-order valence-corrected chi connectivity index (χ0v) is 12.5. The molecule has 1 fully saturated rings. The van der Waals surface area contributed by atoms with Crippen LogP contribution < -0.4 is 10.2 Å². The van der Waals surface area contributed by atoms with Crippen molar-refractivity contribution in [2.45, 2.75) is 0 Å². The van der Waals surface area contributed by atoms with Gasteiger partial charge in [-0.15, -0.1) is 0 Å². The molecule has 0 radical (unpaired) electrons. The lowest BCUT2D eigenvalue weighted by Gasteiger charge is -2.28. The fourth-order valence-corrected chi connectivity index (χ4v) is 2.43. The SMILES string of the molecule is N#Cc1ncc(N2CCOCC2)cc1C(=O)Nc1ccccc1. The number of para-hydroxylation sites is 1. The van der Waals surface area contributed by atoms with E-state index in [-0.39, 0.29) is 17.2 Å². The van der Waals surface area contributed by atoms with Crippen LogP contribution >= 0.6 is 0 Å². The fourth-order valence-electron chi connectivity index (χ4n) is 2.43. The van der Waals surface area contributed by atoms with Gasteiger partial charge in [-0.1, -0.05) is 18.2 Å². The predicted molar refractivity (Wildman–Crippen MR) is 86.4 cm³/mol. The van der Waals surface area contributed by atoms with Gasteiger partial charge in [0.2, 0.25) is 0 Å². The van der Waals surface area contributed by atoms with Gasteiger partial charge >= 0.3 is 0 Å². The molecule has 1 amide bonds. The number of hydrogen-bond acceptors (Lipinski definition) is 5. The molecule has 23 heavy (non-hydrogen) atoms. The Kier molecular flexibility index (Phi) is 4.50. The van der Waals surface area contributed by atoms with Gasteiger partial charge in [0.1, 0.15) is 6.07 Å². The van der Waals surface area contributed by atoms with Crippen LogP contribution in [0, 0.1) is 11.3 Å². The molecule has 6 nitrogen and oxygen atoms in total. The molecule has 2 heterocycles. The number of hydrogen-bond donors (Lipinski definition) is 1. The number of nitriles is 1. The van der Waals surface area contributed by atoms with Crippen molar-refractivity contribution in [1.29, 1.82) is 5.26 Å². The van der Waals surface area contributed by atoms with Crippen LogP contribution in [-0.2, 0) is 4.74 Å². The van der Waals surface area contributed by atoms with Gasteiger partial charge in [0.25, 0.3) is 5.91 Å². The smallest absolute Gasteiger partial charge is 0.258 e. The van der Waals surface area contributed by atoms with Crippen molar-refractivity contribution in [2.24, 2.45) is 0 Å². The van der Waals surface area contributed by atoms with Gasteiger partial charge in [-0.05, 0) is 18.2 Å². The molecule has 0 spiro atoms. The molecule has 1 N–H and O–H groups in total. The van der Waals surface area contributed by atoms with E-state index in [0.29, 0.717) is 18.9 Å². The predicted octanol–water partition coefficient (Wildman–Crippen LogP) is 2.04. The number of aromatic nitrogens is 1. The largest absolute Gasteiger partial charge is 0.378 e. The van der Waals surface area contributed by atoms with Gasteiger partial charge in [-0.3, -0.25) is 4.79 Å². The van der Waals surface area contributed by atoms with Crippen LogP contribution in [0.3, 0.4) is 0 Å². The Morgan fingerprint density at radius 2 is 2.00 bits per heavy atom. The first kappa shape index (κ1) is 15.0. The molecule has 0 unspecified atom stereocenters. The normalized spacial score (nSPS) is 14.1. The number of nitrogens with one attached hydrogen (secondary N) is 1. The van der Waals surface area contributed by atoms with E-state index in [4.69, 9.17) is 4.74 Å². The van der Waals surface area contributed by atoms with Crippen LogP contribution in [0.15, 0.2) is 42.6 Å². The summed E-state index contributed by atoms with van der Waals surface area (Å²) in [4.78, 5) is 18.7. The van der Waals surface area contributed by atoms with Crippen LogP contribution in [0.2, 0.25) is 0 Å². The monoisotopic (exact) mass is 308 g/mol. The molecular formula is C17H16N4O2. The standard InChI is InChI=1S/C17H16N4O2/c18-11-16-15(17(22)20-13-4-2-1-3-5-13)10-14(12-19-16)21-6-8-23-9-7-21/h1-5,10,12H,6-9H2,(H,20,22). The fraction of sp³-hybridized carbons (Fsp3) is 0.235. The first-order chi connectivity index (χ1) is 11.3. The van der Waals surface area contributed by atoms with E-state index in [9.17, 15) is 10.1 Å². The lowest BCUT2D eigenvalue weighted by atomic mass is 10.1. The lowest BCUT2D eigenvalue weighted by Crippen LogP contribution is -2.36. The van der Waals surface area contributed by atoms with E-state index in [1.807, 2.05) is 24.3 Å². The molecule has 116 valence electrons. The zero-order chi connectivity index (χ0) is 16.1. The number of carbonyl (C=O) groups is 1. The van der Waals surface area contributed by atoms with Gasteiger partial charge in [-0.25, -0.2) is 4.98 Å². The highest BCUT2D eigenvalue weighted by Gasteiger charge is 2.18. The number of amides is 1. The topological polar surface area (TPSA) is 78.2 Å². The average Bonchev–Trinajstić information content (AvgIpc) is 2.62. The van der Waals surface area contributed by atoms with E-state index in [1.54, 1.807) is 24.4 Å². The second kappa shape index (κ2) is 6.90. The third-order valence-corrected chi connectivity index (χ3v) is 3.63. The van der Waals surface area contributed by atoms with E-state index < -0.39 is 0 Å². The number of morpholine rings is 1. The number of pyridine rings is 1. The third kappa shape index (κ3) is 3.47. The van der Waals surface area contributed by atoms with Crippen LogP contribution in [0.4, 0.5) is 11.4 Å². The van der Waals surface area contributed by atoms with Gasteiger partial charge in [0.05, 0.1) is 30.7 Å². The van der Waals surface area contributed by atoms with Crippen LogP contribution in [0.1, 0.15) is 16.1 Å². The molecule has 0 bridgehead atoms. The van der Waals surface area contributed by atoms with Gasteiger partial charge in [0, 0.05) is 18.8 Å². The highest BCUT2D eigenvalue weighted by molar-refractivity contribution is 6.06. The number of nitrogens with zero attached hydrogens (tertiary/aromatic N) is 3. The first-order valence-corrected chi connectivity index (χ1v) is 7.37. The number of rotatable bonds is 3. The third-order valence-electron chi connectivity index (χ3n) is 3.63. The second-order valence-corrected chi connectivity index (χ2v) is 5.12. The quantitative estimate of drug-likeness (QED) is 0.939. The van der Waals surface area contributed by atoms with Gasteiger partial charge in [0.15, 0.2) is 5.69 Å². The van der Waals surface area contributed by atoms with E-state index >= 15 is 0 Å². The number of carbonyl (C=O) groups excluding carboxylic acids is 1. The van der Waals surface area contributed by atoms with Gasteiger partial charge < -0.3 is 15.0 Å². The highest BCUT2D eigenvalue weighted by atomic mass is 16.5. The minimum absolute atomic E-state index is 0.121. The maximum absolute atomic E-state index is 12.5. The Bertz CT molecular complexity index is 734. The first-order valence-electron chi connectivity index (χ1n) is 7.37. The second-order valence-electron chi connectivity index (χ2n) is 5.12. The van der Waals surface area contributed by atoms with E-state index in [0.717, 1.165) is 18.8 Å². The van der Waals surface area contributed by atoms with E-state index in [2.05, 4.69) is 15.2 Å². The lowest BCUT2D eigenvalue weighted by molar-refractivity contribution is 0.102. The molecule has 2 aromatic rings. The molecule has 3 rings (SSSR count). The summed E-state index contributed by atoms with van der Waals surface area (Å²) >= 11 is 0. The summed E-state index contributed by atoms with van der Waals surface area (Å²) in [5, 5.41) is 12.0. The molecule has 0 atom stereocenters. The number of benzene rings is 1. The summed E-state index contributed by atoms with van der Waals surface area (Å²) in [6.45, 7) is 2.78. The molecule has 6 heteroatoms. The molecule has 1 aliphatic rings. The Labute approximate surface area is 134 Å². The summed E-state index contributed by atoms with van der Waals surface area (Å²) < 4.78 is 5.33. The van der Waals surface area contributed by atoms with E-state index in [1.165, 1.54) is 0 Å². The van der Waals surface area contributed by atoms with Crippen molar-refractivity contribution in [3.05, 3.63) is 53.9 Å². The Hall–Kier alpha value is -2.91. The van der Waals surface area contributed by atoms with Gasteiger partial charge in [-0.2, -0.15) is 5.26 Å². The molecule has 1 aromatic heterocycles. The summed E-state index contributed by atoms with van der Waals surface area (Å²) in [5.41, 5.74) is 1.90. The Morgan fingerprint density at radius 3 is 2.70 bits per heavy atom. The molecular weight excluding hydrogens is 292 g/mol. The maximum Gasteiger partial charge on any atom is 0.258 e. The van der Waals surface area contributed by atoms with Crippen molar-refractivity contribution in [3.8, 4) is 6.07 Å². The highest BCUT2D eigenvalue weighted by Crippen LogP contribution is 2.19. The van der Waals surface area contributed by atoms with Crippen molar-refractivity contribution in [3.63, 3.8) is 0 Å². The Balaban J connectivity index is 1.87. The zero-order valence-electron chi connectivity index (χ0n) is 12.5. The number of anilines is 2. The molecule has 1 aromatic carbocycles. The average molecular weight is 308 g/mol. The maximum atomic E-state index is 12.5. The van der Waals surface area contributed by atoms with Crippen molar-refractivity contribution in [1.82, 2.24) is 4.98 Å². The molecule has 1 saturated heterocycles. The minimum Gasteiger partial charge on any atom is -0.378 e. The summed E-state index contributed by atoms with van der Waals surface area (Å²) in [7, 11) is 0.